The van der Waals surface area contributed by atoms with E-state index in [2.05, 4.69) is 10.3 Å². The molecule has 0 aliphatic rings. The molecule has 0 fully saturated rings. The summed E-state index contributed by atoms with van der Waals surface area (Å²) >= 11 is 0. The van der Waals surface area contributed by atoms with Gasteiger partial charge in [0, 0.05) is 16.9 Å². The molecule has 2 heterocycles. The highest BCUT2D eigenvalue weighted by Gasteiger charge is 2.19. The zero-order valence-corrected chi connectivity index (χ0v) is 18.5. The second-order valence-corrected chi connectivity index (χ2v) is 7.81. The van der Waals surface area contributed by atoms with Crippen molar-refractivity contribution in [1.82, 2.24) is 14.1 Å². The van der Waals surface area contributed by atoms with Crippen molar-refractivity contribution in [3.63, 3.8) is 0 Å². The Morgan fingerprint density at radius 3 is 2.27 bits per heavy atom. The van der Waals surface area contributed by atoms with Gasteiger partial charge >= 0.3 is 5.69 Å². The van der Waals surface area contributed by atoms with E-state index in [1.807, 2.05) is 6.07 Å². The monoisotopic (exact) mass is 442 g/mol. The summed E-state index contributed by atoms with van der Waals surface area (Å²) in [4.78, 5) is 55.3. The number of pyridine rings is 1. The second kappa shape index (κ2) is 8.66. The van der Waals surface area contributed by atoms with Crippen LogP contribution in [-0.4, -0.2) is 25.8 Å². The number of nitrogens with zero attached hydrogens (tertiary/aromatic N) is 3. The molecule has 8 heteroatoms. The number of aryl methyl sites for hydroxylation is 2. The molecule has 4 aromatic rings. The predicted octanol–water partition coefficient (Wildman–Crippen LogP) is 3.01. The maximum Gasteiger partial charge on any atom is 0.337 e. The van der Waals surface area contributed by atoms with Gasteiger partial charge in [-0.05, 0) is 68.8 Å². The van der Waals surface area contributed by atoms with E-state index in [-0.39, 0.29) is 16.8 Å². The number of para-hydroxylation sites is 1. The van der Waals surface area contributed by atoms with Crippen LogP contribution in [0.3, 0.4) is 0 Å². The fourth-order valence-corrected chi connectivity index (χ4v) is 3.76. The number of hydrogen-bond donors (Lipinski definition) is 1. The summed E-state index contributed by atoms with van der Waals surface area (Å²) in [6.45, 7) is 4.56. The fourth-order valence-electron chi connectivity index (χ4n) is 3.76. The lowest BCUT2D eigenvalue weighted by molar-refractivity contribution is -0.116. The third-order valence-electron chi connectivity index (χ3n) is 5.31. The first-order valence-electron chi connectivity index (χ1n) is 10.4. The molecular formula is C25H22N4O4. The molecule has 0 saturated heterocycles. The average molecular weight is 442 g/mol. The molecule has 0 spiro atoms. The molecule has 4 rings (SSSR count). The predicted molar refractivity (Wildman–Crippen MR) is 126 cm³/mol. The lowest BCUT2D eigenvalue weighted by Crippen LogP contribution is -2.42. The Hall–Kier alpha value is -4.33. The minimum Gasteiger partial charge on any atom is -0.325 e. The number of anilines is 1. The second-order valence-electron chi connectivity index (χ2n) is 7.81. The molecule has 0 radical (unpaired) electrons. The third kappa shape index (κ3) is 4.23. The average Bonchev–Trinajstić information content (AvgIpc) is 2.77. The number of Topliss-reactive ketones (excluding diaryl/α,β-unsaturated/α-hetero) is 1. The lowest BCUT2D eigenvalue weighted by Gasteiger charge is -2.15. The zero-order chi connectivity index (χ0) is 23.7. The largest absolute Gasteiger partial charge is 0.337 e. The summed E-state index contributed by atoms with van der Waals surface area (Å²) < 4.78 is 2.27. The van der Waals surface area contributed by atoms with E-state index in [4.69, 9.17) is 0 Å². The van der Waals surface area contributed by atoms with Crippen LogP contribution in [0.5, 0.6) is 0 Å². The first-order chi connectivity index (χ1) is 15.8. The van der Waals surface area contributed by atoms with Gasteiger partial charge in [-0.2, -0.15) is 0 Å². The molecule has 8 nitrogen and oxygen atoms in total. The van der Waals surface area contributed by atoms with Crippen molar-refractivity contribution in [2.75, 3.05) is 5.32 Å². The number of amides is 1. The van der Waals surface area contributed by atoms with Gasteiger partial charge in [0.25, 0.3) is 5.56 Å². The van der Waals surface area contributed by atoms with E-state index in [1.165, 1.54) is 11.5 Å². The molecule has 0 atom stereocenters. The fraction of sp³-hybridized carbons (Fsp3) is 0.160. The van der Waals surface area contributed by atoms with Gasteiger partial charge < -0.3 is 5.32 Å². The quantitative estimate of drug-likeness (QED) is 0.479. The minimum atomic E-state index is -0.654. The van der Waals surface area contributed by atoms with E-state index in [9.17, 15) is 19.2 Å². The van der Waals surface area contributed by atoms with E-state index in [1.54, 1.807) is 68.4 Å². The first-order valence-corrected chi connectivity index (χ1v) is 10.4. The van der Waals surface area contributed by atoms with Crippen LogP contribution < -0.4 is 16.6 Å². The minimum absolute atomic E-state index is 0.0868. The molecule has 1 amide bonds. The maximum absolute atomic E-state index is 13.4. The number of fused-ring (bicyclic) bond motifs is 1. The van der Waals surface area contributed by atoms with Gasteiger partial charge in [-0.1, -0.05) is 18.2 Å². The number of carbonyl (C=O) groups is 2. The number of benzene rings is 2. The molecule has 0 saturated carbocycles. The van der Waals surface area contributed by atoms with Crippen molar-refractivity contribution in [1.29, 1.82) is 0 Å². The topological polar surface area (TPSA) is 103 Å². The van der Waals surface area contributed by atoms with Crippen LogP contribution in [0.15, 0.2) is 70.3 Å². The summed E-state index contributed by atoms with van der Waals surface area (Å²) in [6, 6.07) is 17.0. The van der Waals surface area contributed by atoms with E-state index < -0.39 is 23.7 Å². The number of ketones is 1. The van der Waals surface area contributed by atoms with Gasteiger partial charge in [-0.3, -0.25) is 14.4 Å². The Kier molecular flexibility index (Phi) is 5.74. The highest BCUT2D eigenvalue weighted by Crippen LogP contribution is 2.16. The van der Waals surface area contributed by atoms with Crippen molar-refractivity contribution < 1.29 is 9.59 Å². The van der Waals surface area contributed by atoms with Gasteiger partial charge in [0.15, 0.2) is 11.4 Å². The van der Waals surface area contributed by atoms with Crippen LogP contribution in [0, 0.1) is 13.8 Å². The standard InChI is InChI=1S/C25H22N4O4/c1-15-13-16(2)26-23-22(15)24(32)28(25(33)29(23)20-7-5-4-6-8-20)14-21(31)27-19-11-9-18(10-12-19)17(3)30/h4-13H,14H2,1-3H3,(H,27,31). The number of hydrogen-bond acceptors (Lipinski definition) is 5. The van der Waals surface area contributed by atoms with Crippen LogP contribution in [0.1, 0.15) is 28.5 Å². The molecule has 2 aromatic heterocycles. The van der Waals surface area contributed by atoms with Crippen LogP contribution in [0.4, 0.5) is 5.69 Å². The van der Waals surface area contributed by atoms with Crippen molar-refractivity contribution >= 4 is 28.4 Å². The van der Waals surface area contributed by atoms with E-state index >= 15 is 0 Å². The molecule has 2 aromatic carbocycles. The van der Waals surface area contributed by atoms with Crippen LogP contribution >= 0.6 is 0 Å². The van der Waals surface area contributed by atoms with E-state index in [0.29, 0.717) is 28.2 Å². The lowest BCUT2D eigenvalue weighted by atomic mass is 10.1. The Bertz CT molecular complexity index is 1500. The molecule has 0 aliphatic carbocycles. The van der Waals surface area contributed by atoms with Gasteiger partial charge in [0.2, 0.25) is 5.91 Å². The number of rotatable bonds is 5. The van der Waals surface area contributed by atoms with Crippen molar-refractivity contribution in [2.45, 2.75) is 27.3 Å². The zero-order valence-electron chi connectivity index (χ0n) is 18.5. The summed E-state index contributed by atoms with van der Waals surface area (Å²) in [5, 5.41) is 2.95. The molecule has 0 unspecified atom stereocenters. The normalized spacial score (nSPS) is 10.9. The van der Waals surface area contributed by atoms with Crippen molar-refractivity contribution in [3.05, 3.63) is 98.3 Å². The summed E-state index contributed by atoms with van der Waals surface area (Å²) in [7, 11) is 0. The molecule has 166 valence electrons. The van der Waals surface area contributed by atoms with Crippen molar-refractivity contribution in [3.8, 4) is 5.69 Å². The summed E-state index contributed by atoms with van der Waals surface area (Å²) in [5.41, 5.74) is 1.88. The number of nitrogens with one attached hydrogen (secondary N) is 1. The summed E-state index contributed by atoms with van der Waals surface area (Å²) in [5.74, 6) is -0.627. The number of aromatic nitrogens is 3. The van der Waals surface area contributed by atoms with Crippen molar-refractivity contribution in [2.24, 2.45) is 0 Å². The highest BCUT2D eigenvalue weighted by atomic mass is 16.2. The van der Waals surface area contributed by atoms with Crippen LogP contribution in [-0.2, 0) is 11.3 Å². The molecular weight excluding hydrogens is 420 g/mol. The van der Waals surface area contributed by atoms with Gasteiger partial charge in [0.05, 0.1) is 11.1 Å². The van der Waals surface area contributed by atoms with E-state index in [0.717, 1.165) is 4.57 Å². The Morgan fingerprint density at radius 1 is 0.970 bits per heavy atom. The van der Waals surface area contributed by atoms with Crippen LogP contribution in [0.2, 0.25) is 0 Å². The van der Waals surface area contributed by atoms with Gasteiger partial charge in [-0.15, -0.1) is 0 Å². The Labute approximate surface area is 189 Å². The number of carbonyl (C=O) groups excluding carboxylic acids is 2. The summed E-state index contributed by atoms with van der Waals surface area (Å²) in [6.07, 6.45) is 0. The van der Waals surface area contributed by atoms with Gasteiger partial charge in [0.1, 0.15) is 6.54 Å². The maximum atomic E-state index is 13.4. The molecule has 1 N–H and O–H groups in total. The van der Waals surface area contributed by atoms with Gasteiger partial charge in [-0.25, -0.2) is 18.9 Å². The molecule has 0 aliphatic heterocycles. The highest BCUT2D eigenvalue weighted by molar-refractivity contribution is 5.95. The Balaban J connectivity index is 1.81. The SMILES string of the molecule is CC(=O)c1ccc(NC(=O)Cn2c(=O)c3c(C)cc(C)nc3n(-c3ccccc3)c2=O)cc1. The van der Waals surface area contributed by atoms with Crippen LogP contribution in [0.25, 0.3) is 16.7 Å². The first kappa shape index (κ1) is 21.9. The third-order valence-corrected chi connectivity index (χ3v) is 5.31. The Morgan fingerprint density at radius 2 is 1.64 bits per heavy atom. The molecule has 33 heavy (non-hydrogen) atoms. The smallest absolute Gasteiger partial charge is 0.325 e. The molecule has 0 bridgehead atoms.